The quantitative estimate of drug-likeness (QED) is 0.848. The number of carbonyl (C=O) groups is 1. The first kappa shape index (κ1) is 16.2. The molecule has 0 aliphatic carbocycles. The zero-order valence-corrected chi connectivity index (χ0v) is 13.1. The minimum Gasteiger partial charge on any atom is -0.349 e. The van der Waals surface area contributed by atoms with Crippen LogP contribution in [0.5, 0.6) is 0 Å². The highest BCUT2D eigenvalue weighted by molar-refractivity contribution is 5.79. The molecule has 2 aromatic rings. The second-order valence-corrected chi connectivity index (χ2v) is 5.93. The fourth-order valence-corrected chi connectivity index (χ4v) is 2.50. The van der Waals surface area contributed by atoms with E-state index in [1.54, 1.807) is 18.2 Å². The van der Waals surface area contributed by atoms with Gasteiger partial charge in [0.05, 0.1) is 12.5 Å². The first-order chi connectivity index (χ1) is 10.6. The maximum Gasteiger partial charge on any atom is 0.225 e. The largest absolute Gasteiger partial charge is 0.349 e. The molecular weight excluding hydrogens is 277 g/mol. The molecular formula is C19H22FNO. The standard InChI is InChI=1S/C19H22FNO/c1-14(2)12-18(15-8-4-3-5-9-15)21-19(22)13-16-10-6-7-11-17(16)20/h3-11,14,18H,12-13H2,1-2H3,(H,21,22). The van der Waals surface area contributed by atoms with Crippen LogP contribution in [0.4, 0.5) is 4.39 Å². The molecule has 1 amide bonds. The minimum absolute atomic E-state index is 0.0412. The maximum absolute atomic E-state index is 13.6. The highest BCUT2D eigenvalue weighted by Gasteiger charge is 2.17. The van der Waals surface area contributed by atoms with Crippen molar-refractivity contribution in [1.29, 1.82) is 0 Å². The van der Waals surface area contributed by atoms with E-state index in [1.165, 1.54) is 6.07 Å². The van der Waals surface area contributed by atoms with Crippen LogP contribution in [0.25, 0.3) is 0 Å². The van der Waals surface area contributed by atoms with Gasteiger partial charge in [0.15, 0.2) is 0 Å². The summed E-state index contributed by atoms with van der Waals surface area (Å²) in [5, 5.41) is 3.03. The summed E-state index contributed by atoms with van der Waals surface area (Å²) < 4.78 is 13.6. The molecule has 116 valence electrons. The molecule has 1 unspecified atom stereocenters. The lowest BCUT2D eigenvalue weighted by molar-refractivity contribution is -0.121. The smallest absolute Gasteiger partial charge is 0.225 e. The third-order valence-corrected chi connectivity index (χ3v) is 3.55. The number of benzene rings is 2. The predicted octanol–water partition coefficient (Wildman–Crippen LogP) is 4.27. The van der Waals surface area contributed by atoms with E-state index in [0.29, 0.717) is 11.5 Å². The summed E-state index contributed by atoms with van der Waals surface area (Å²) in [6.07, 6.45) is 0.918. The maximum atomic E-state index is 13.6. The van der Waals surface area contributed by atoms with Gasteiger partial charge in [-0.2, -0.15) is 0 Å². The first-order valence-electron chi connectivity index (χ1n) is 7.64. The van der Waals surface area contributed by atoms with Crippen LogP contribution < -0.4 is 5.32 Å². The molecule has 0 fully saturated rings. The third-order valence-electron chi connectivity index (χ3n) is 3.55. The van der Waals surface area contributed by atoms with E-state index in [4.69, 9.17) is 0 Å². The van der Waals surface area contributed by atoms with Gasteiger partial charge in [-0.25, -0.2) is 4.39 Å². The summed E-state index contributed by atoms with van der Waals surface area (Å²) in [6.45, 7) is 4.25. The Morgan fingerprint density at radius 2 is 1.68 bits per heavy atom. The van der Waals surface area contributed by atoms with Crippen LogP contribution in [0, 0.1) is 11.7 Å². The average Bonchev–Trinajstić information content (AvgIpc) is 2.49. The normalized spacial score (nSPS) is 12.2. The fourth-order valence-electron chi connectivity index (χ4n) is 2.50. The SMILES string of the molecule is CC(C)CC(NC(=O)Cc1ccccc1F)c1ccccc1. The summed E-state index contributed by atoms with van der Waals surface area (Å²) in [5.41, 5.74) is 1.51. The van der Waals surface area contributed by atoms with Crippen molar-refractivity contribution in [2.75, 3.05) is 0 Å². The molecule has 0 spiro atoms. The van der Waals surface area contributed by atoms with Crippen LogP contribution in [0.3, 0.4) is 0 Å². The molecule has 0 saturated heterocycles. The van der Waals surface area contributed by atoms with E-state index in [-0.39, 0.29) is 24.2 Å². The summed E-state index contributed by atoms with van der Waals surface area (Å²) in [5.74, 6) is -0.0312. The zero-order valence-electron chi connectivity index (χ0n) is 13.1. The van der Waals surface area contributed by atoms with Crippen molar-refractivity contribution in [2.24, 2.45) is 5.92 Å². The van der Waals surface area contributed by atoms with Crippen molar-refractivity contribution in [2.45, 2.75) is 32.7 Å². The second-order valence-electron chi connectivity index (χ2n) is 5.93. The Kier molecular flexibility index (Phi) is 5.70. The van der Waals surface area contributed by atoms with Crippen LogP contribution in [0.15, 0.2) is 54.6 Å². The summed E-state index contributed by atoms with van der Waals surface area (Å²) in [4.78, 5) is 12.3. The highest BCUT2D eigenvalue weighted by atomic mass is 19.1. The molecule has 1 N–H and O–H groups in total. The molecule has 0 heterocycles. The number of carbonyl (C=O) groups excluding carboxylic acids is 1. The third kappa shape index (κ3) is 4.69. The predicted molar refractivity (Wildman–Crippen MR) is 86.9 cm³/mol. The Morgan fingerprint density at radius 3 is 2.32 bits per heavy atom. The van der Waals surface area contributed by atoms with Crippen molar-refractivity contribution in [3.8, 4) is 0 Å². The number of rotatable bonds is 6. The van der Waals surface area contributed by atoms with E-state index >= 15 is 0 Å². The molecule has 0 saturated carbocycles. The van der Waals surface area contributed by atoms with Crippen LogP contribution in [0.2, 0.25) is 0 Å². The highest BCUT2D eigenvalue weighted by Crippen LogP contribution is 2.21. The van der Waals surface area contributed by atoms with Crippen molar-refractivity contribution in [3.05, 3.63) is 71.5 Å². The summed E-state index contributed by atoms with van der Waals surface area (Å²) in [7, 11) is 0. The van der Waals surface area contributed by atoms with Gasteiger partial charge in [0.2, 0.25) is 5.91 Å². The first-order valence-corrected chi connectivity index (χ1v) is 7.64. The van der Waals surface area contributed by atoms with Gasteiger partial charge in [0.25, 0.3) is 0 Å². The van der Waals surface area contributed by atoms with Gasteiger partial charge >= 0.3 is 0 Å². The van der Waals surface area contributed by atoms with Crippen LogP contribution >= 0.6 is 0 Å². The topological polar surface area (TPSA) is 29.1 Å². The molecule has 0 aliphatic rings. The number of halogens is 1. The molecule has 0 radical (unpaired) electrons. The molecule has 1 atom stereocenters. The van der Waals surface area contributed by atoms with Crippen LogP contribution in [0.1, 0.15) is 37.4 Å². The Morgan fingerprint density at radius 1 is 1.05 bits per heavy atom. The lowest BCUT2D eigenvalue weighted by Gasteiger charge is -2.21. The van der Waals surface area contributed by atoms with Crippen molar-refractivity contribution in [3.63, 3.8) is 0 Å². The number of nitrogens with one attached hydrogen (secondary N) is 1. The zero-order chi connectivity index (χ0) is 15.9. The fraction of sp³-hybridized carbons (Fsp3) is 0.316. The van der Waals surface area contributed by atoms with Gasteiger partial charge < -0.3 is 5.32 Å². The summed E-state index contributed by atoms with van der Waals surface area (Å²) in [6, 6.07) is 16.3. The minimum atomic E-state index is -0.335. The number of amides is 1. The molecule has 2 aromatic carbocycles. The molecule has 0 bridgehead atoms. The van der Waals surface area contributed by atoms with Gasteiger partial charge in [-0.3, -0.25) is 4.79 Å². The number of hydrogen-bond acceptors (Lipinski definition) is 1. The average molecular weight is 299 g/mol. The Bertz CT molecular complexity index is 610. The van der Waals surface area contributed by atoms with Crippen molar-refractivity contribution < 1.29 is 9.18 Å². The summed E-state index contributed by atoms with van der Waals surface area (Å²) >= 11 is 0. The van der Waals surface area contributed by atoms with Gasteiger partial charge in [-0.15, -0.1) is 0 Å². The van der Waals surface area contributed by atoms with Crippen molar-refractivity contribution >= 4 is 5.91 Å². The monoisotopic (exact) mass is 299 g/mol. The molecule has 3 heteroatoms. The van der Waals surface area contributed by atoms with Gasteiger partial charge in [-0.1, -0.05) is 62.4 Å². The van der Waals surface area contributed by atoms with E-state index in [0.717, 1.165) is 12.0 Å². The van der Waals surface area contributed by atoms with E-state index in [1.807, 2.05) is 30.3 Å². The Balaban J connectivity index is 2.07. The molecule has 0 aromatic heterocycles. The van der Waals surface area contributed by atoms with E-state index in [9.17, 15) is 9.18 Å². The van der Waals surface area contributed by atoms with E-state index in [2.05, 4.69) is 19.2 Å². The van der Waals surface area contributed by atoms with Crippen LogP contribution in [-0.4, -0.2) is 5.91 Å². The lowest BCUT2D eigenvalue weighted by atomic mass is 9.96. The van der Waals surface area contributed by atoms with Gasteiger partial charge in [-0.05, 0) is 29.5 Å². The molecule has 2 rings (SSSR count). The lowest BCUT2D eigenvalue weighted by Crippen LogP contribution is -2.31. The van der Waals surface area contributed by atoms with Crippen molar-refractivity contribution in [1.82, 2.24) is 5.32 Å². The second kappa shape index (κ2) is 7.74. The molecule has 22 heavy (non-hydrogen) atoms. The Labute approximate surface area is 131 Å². The number of hydrogen-bond donors (Lipinski definition) is 1. The van der Waals surface area contributed by atoms with Gasteiger partial charge in [0.1, 0.15) is 5.82 Å². The van der Waals surface area contributed by atoms with Crippen LogP contribution in [-0.2, 0) is 11.2 Å². The molecule has 0 aliphatic heterocycles. The molecule has 2 nitrogen and oxygen atoms in total. The Hall–Kier alpha value is -2.16. The van der Waals surface area contributed by atoms with E-state index < -0.39 is 0 Å². The van der Waals surface area contributed by atoms with Gasteiger partial charge in [0, 0.05) is 0 Å².